The number of methoxy groups -OCH3 is 1. The Morgan fingerprint density at radius 1 is 1.14 bits per heavy atom. The Hall–Kier alpha value is -3.03. The second kappa shape index (κ2) is 7.92. The van der Waals surface area contributed by atoms with Gasteiger partial charge in [-0.15, -0.1) is 11.3 Å². The molecule has 0 atom stereocenters. The molecule has 2 aromatic heterocycles. The molecular weight excluding hydrogens is 381 g/mol. The van der Waals surface area contributed by atoms with Crippen LogP contribution in [0.25, 0.3) is 21.5 Å². The molecule has 0 unspecified atom stereocenters. The van der Waals surface area contributed by atoms with Gasteiger partial charge in [0, 0.05) is 29.0 Å². The molecule has 5 nitrogen and oxygen atoms in total. The van der Waals surface area contributed by atoms with Crippen LogP contribution < -0.4 is 0 Å². The number of benzene rings is 2. The topological polar surface area (TPSA) is 61.6 Å². The molecule has 0 saturated carbocycles. The van der Waals surface area contributed by atoms with E-state index in [-0.39, 0.29) is 24.8 Å². The minimum Gasteiger partial charge on any atom is -0.453 e. The van der Waals surface area contributed by atoms with Gasteiger partial charge in [-0.3, -0.25) is 0 Å². The Labute approximate surface area is 164 Å². The number of aromatic nitrogens is 1. The van der Waals surface area contributed by atoms with Crippen molar-refractivity contribution in [2.75, 3.05) is 7.11 Å². The van der Waals surface area contributed by atoms with Crippen molar-refractivity contribution in [1.29, 1.82) is 0 Å². The van der Waals surface area contributed by atoms with E-state index >= 15 is 0 Å². The van der Waals surface area contributed by atoms with E-state index in [0.717, 1.165) is 16.0 Å². The van der Waals surface area contributed by atoms with Crippen LogP contribution in [0, 0.1) is 5.82 Å². The summed E-state index contributed by atoms with van der Waals surface area (Å²) < 4.78 is 29.3. The van der Waals surface area contributed by atoms with Crippen LogP contribution in [0.1, 0.15) is 21.8 Å². The normalized spacial score (nSPS) is 11.1. The second-order valence-corrected chi connectivity index (χ2v) is 6.92. The standard InChI is InChI=1S/C21H16FNO4S/c1-25-11-17-16-4-2-3-5-18(16)27-19(17)21(24)26-10-15-12-28-20(23-15)13-6-8-14(22)9-7-13/h2-9,12H,10-11H2,1H3. The number of hydrogen-bond donors (Lipinski definition) is 0. The number of halogens is 1. The van der Waals surface area contributed by atoms with Crippen molar-refractivity contribution in [3.05, 3.63) is 76.7 Å². The Bertz CT molecular complexity index is 1120. The first-order valence-electron chi connectivity index (χ1n) is 8.52. The van der Waals surface area contributed by atoms with Gasteiger partial charge in [-0.2, -0.15) is 0 Å². The highest BCUT2D eigenvalue weighted by atomic mass is 32.1. The van der Waals surface area contributed by atoms with Crippen molar-refractivity contribution < 1.29 is 23.1 Å². The van der Waals surface area contributed by atoms with Crippen molar-refractivity contribution in [2.24, 2.45) is 0 Å². The van der Waals surface area contributed by atoms with E-state index in [1.54, 1.807) is 30.7 Å². The molecule has 0 bridgehead atoms. The molecule has 142 valence electrons. The van der Waals surface area contributed by atoms with Gasteiger partial charge in [0.05, 0.1) is 12.3 Å². The van der Waals surface area contributed by atoms with E-state index < -0.39 is 5.97 Å². The molecule has 2 heterocycles. The number of hydrogen-bond acceptors (Lipinski definition) is 6. The van der Waals surface area contributed by atoms with Crippen LogP contribution in [0.2, 0.25) is 0 Å². The molecule has 0 aliphatic carbocycles. The summed E-state index contributed by atoms with van der Waals surface area (Å²) in [6, 6.07) is 13.5. The smallest absolute Gasteiger partial charge is 0.375 e. The molecule has 0 aliphatic heterocycles. The van der Waals surface area contributed by atoms with Gasteiger partial charge in [-0.05, 0) is 30.3 Å². The van der Waals surface area contributed by atoms with Gasteiger partial charge in [-0.1, -0.05) is 18.2 Å². The van der Waals surface area contributed by atoms with E-state index in [1.165, 1.54) is 23.5 Å². The Kier molecular flexibility index (Phi) is 5.18. The highest BCUT2D eigenvalue weighted by Gasteiger charge is 2.22. The molecule has 28 heavy (non-hydrogen) atoms. The third-order valence-corrected chi connectivity index (χ3v) is 5.11. The van der Waals surface area contributed by atoms with Crippen LogP contribution in [0.4, 0.5) is 4.39 Å². The van der Waals surface area contributed by atoms with Gasteiger partial charge in [0.25, 0.3) is 0 Å². The maximum absolute atomic E-state index is 13.1. The van der Waals surface area contributed by atoms with E-state index in [0.29, 0.717) is 16.8 Å². The number of thiazole rings is 1. The van der Waals surface area contributed by atoms with Gasteiger partial charge in [0.1, 0.15) is 23.0 Å². The predicted molar refractivity (Wildman–Crippen MR) is 104 cm³/mol. The minimum atomic E-state index is -0.570. The summed E-state index contributed by atoms with van der Waals surface area (Å²) in [5.41, 5.74) is 2.69. The fourth-order valence-corrected chi connectivity index (χ4v) is 3.67. The number of carbonyl (C=O) groups excluding carboxylic acids is 1. The first-order chi connectivity index (χ1) is 13.7. The van der Waals surface area contributed by atoms with Gasteiger partial charge in [0.2, 0.25) is 5.76 Å². The Morgan fingerprint density at radius 3 is 2.71 bits per heavy atom. The maximum Gasteiger partial charge on any atom is 0.375 e. The molecule has 2 aromatic carbocycles. The molecule has 0 fully saturated rings. The van der Waals surface area contributed by atoms with Crippen LogP contribution >= 0.6 is 11.3 Å². The Balaban J connectivity index is 1.50. The van der Waals surface area contributed by atoms with Crippen LogP contribution in [0.3, 0.4) is 0 Å². The number of fused-ring (bicyclic) bond motifs is 1. The number of rotatable bonds is 6. The van der Waals surface area contributed by atoms with Crippen LogP contribution in [-0.4, -0.2) is 18.1 Å². The lowest BCUT2D eigenvalue weighted by atomic mass is 10.1. The van der Waals surface area contributed by atoms with Gasteiger partial charge in [0.15, 0.2) is 0 Å². The fourth-order valence-electron chi connectivity index (χ4n) is 2.85. The van der Waals surface area contributed by atoms with E-state index in [2.05, 4.69) is 4.98 Å². The average Bonchev–Trinajstić information content (AvgIpc) is 3.32. The number of esters is 1. The number of ether oxygens (including phenoxy) is 2. The van der Waals surface area contributed by atoms with Crippen molar-refractivity contribution in [3.63, 3.8) is 0 Å². The molecule has 0 saturated heterocycles. The summed E-state index contributed by atoms with van der Waals surface area (Å²) in [5.74, 6) is -0.733. The summed E-state index contributed by atoms with van der Waals surface area (Å²) in [6.07, 6.45) is 0. The average molecular weight is 397 g/mol. The van der Waals surface area contributed by atoms with Gasteiger partial charge in [-0.25, -0.2) is 14.2 Å². The quantitative estimate of drug-likeness (QED) is 0.419. The zero-order valence-electron chi connectivity index (χ0n) is 15.0. The third kappa shape index (κ3) is 3.67. The van der Waals surface area contributed by atoms with Gasteiger partial charge >= 0.3 is 5.97 Å². The lowest BCUT2D eigenvalue weighted by Crippen LogP contribution is -2.07. The number of carbonyl (C=O) groups is 1. The van der Waals surface area contributed by atoms with Crippen molar-refractivity contribution in [1.82, 2.24) is 4.98 Å². The van der Waals surface area contributed by atoms with Crippen molar-refractivity contribution >= 4 is 28.3 Å². The molecule has 4 rings (SSSR count). The highest BCUT2D eigenvalue weighted by Crippen LogP contribution is 2.28. The highest BCUT2D eigenvalue weighted by molar-refractivity contribution is 7.13. The summed E-state index contributed by atoms with van der Waals surface area (Å²) in [4.78, 5) is 17.0. The number of para-hydroxylation sites is 1. The van der Waals surface area contributed by atoms with Crippen LogP contribution in [0.5, 0.6) is 0 Å². The zero-order valence-corrected chi connectivity index (χ0v) is 15.8. The second-order valence-electron chi connectivity index (χ2n) is 6.07. The molecule has 0 N–H and O–H groups in total. The lowest BCUT2D eigenvalue weighted by Gasteiger charge is -2.03. The first kappa shape index (κ1) is 18.3. The molecule has 0 spiro atoms. The third-order valence-electron chi connectivity index (χ3n) is 4.17. The fraction of sp³-hybridized carbons (Fsp3) is 0.143. The SMILES string of the molecule is COCc1c(C(=O)OCc2csc(-c3ccc(F)cc3)n2)oc2ccccc12. The number of nitrogens with zero attached hydrogens (tertiary/aromatic N) is 1. The summed E-state index contributed by atoms with van der Waals surface area (Å²) in [7, 11) is 1.56. The molecule has 0 radical (unpaired) electrons. The summed E-state index contributed by atoms with van der Waals surface area (Å²) in [5, 5.41) is 3.36. The minimum absolute atomic E-state index is 0.0139. The Morgan fingerprint density at radius 2 is 1.93 bits per heavy atom. The van der Waals surface area contributed by atoms with Crippen molar-refractivity contribution in [3.8, 4) is 10.6 Å². The van der Waals surface area contributed by atoms with E-state index in [9.17, 15) is 9.18 Å². The van der Waals surface area contributed by atoms with Gasteiger partial charge < -0.3 is 13.9 Å². The molecule has 0 aliphatic rings. The summed E-state index contributed by atoms with van der Waals surface area (Å²) in [6.45, 7) is 0.257. The summed E-state index contributed by atoms with van der Waals surface area (Å²) >= 11 is 1.40. The monoisotopic (exact) mass is 397 g/mol. The molecule has 4 aromatic rings. The van der Waals surface area contributed by atoms with Crippen LogP contribution in [0.15, 0.2) is 58.3 Å². The van der Waals surface area contributed by atoms with Crippen molar-refractivity contribution in [2.45, 2.75) is 13.2 Å². The molecular formula is C21H16FNO4S. The molecule has 7 heteroatoms. The first-order valence-corrected chi connectivity index (χ1v) is 9.40. The number of furan rings is 1. The largest absolute Gasteiger partial charge is 0.453 e. The van der Waals surface area contributed by atoms with E-state index in [1.807, 2.05) is 18.2 Å². The lowest BCUT2D eigenvalue weighted by molar-refractivity contribution is 0.0428. The van der Waals surface area contributed by atoms with Crippen LogP contribution in [-0.2, 0) is 22.7 Å². The molecule has 0 amide bonds. The predicted octanol–water partition coefficient (Wildman–Crippen LogP) is 5.20. The zero-order chi connectivity index (χ0) is 19.5. The maximum atomic E-state index is 13.1. The van der Waals surface area contributed by atoms with E-state index in [4.69, 9.17) is 13.9 Å².